The Balaban J connectivity index is 1.09. The number of ether oxygens (including phenoxy) is 2. The standard InChI is InChI=1S/C56H50O4/c1-3-5-7-13-39-19-23-41(24-20-39)43-27-33-47(34-28-43)59-55(57)51-37-31-45-15-9-11-17-49(45)53(51)54-50-18-12-10-16-46(50)32-38-52(54)56(58)60-48-35-29-44(30-36-48)42-25-21-40(22-26-42)14-8-6-4-2/h9-12,15-38H,3-8,13-14H2,1-2H3. The molecule has 0 bridgehead atoms. The van der Waals surface area contributed by atoms with Gasteiger partial charge in [-0.15, -0.1) is 0 Å². The summed E-state index contributed by atoms with van der Waals surface area (Å²) < 4.78 is 12.2. The molecular weight excluding hydrogens is 737 g/mol. The number of benzene rings is 8. The topological polar surface area (TPSA) is 52.6 Å². The fourth-order valence-corrected chi connectivity index (χ4v) is 8.06. The van der Waals surface area contributed by atoms with Crippen LogP contribution in [0.4, 0.5) is 0 Å². The summed E-state index contributed by atoms with van der Waals surface area (Å²) in [4.78, 5) is 28.7. The van der Waals surface area contributed by atoms with Gasteiger partial charge in [-0.05, 0) is 117 Å². The summed E-state index contributed by atoms with van der Waals surface area (Å²) in [5, 5.41) is 3.52. The van der Waals surface area contributed by atoms with E-state index in [4.69, 9.17) is 9.47 Å². The Bertz CT molecular complexity index is 2540. The summed E-state index contributed by atoms with van der Waals surface area (Å²) in [7, 11) is 0. The van der Waals surface area contributed by atoms with E-state index < -0.39 is 11.9 Å². The van der Waals surface area contributed by atoms with Crippen molar-refractivity contribution in [1.82, 2.24) is 0 Å². The predicted octanol–water partition coefficient (Wildman–Crippen LogP) is 14.9. The van der Waals surface area contributed by atoms with Crippen molar-refractivity contribution in [3.63, 3.8) is 0 Å². The Morgan fingerprint density at radius 2 is 0.733 bits per heavy atom. The van der Waals surface area contributed by atoms with E-state index in [9.17, 15) is 9.59 Å². The maximum Gasteiger partial charge on any atom is 0.344 e. The van der Waals surface area contributed by atoms with Gasteiger partial charge in [0.1, 0.15) is 11.5 Å². The van der Waals surface area contributed by atoms with Gasteiger partial charge in [0, 0.05) is 11.1 Å². The molecule has 0 heterocycles. The van der Waals surface area contributed by atoms with Crippen LogP contribution in [0.15, 0.2) is 170 Å². The first kappa shape index (κ1) is 40.0. The number of aryl methyl sites for hydroxylation is 2. The molecular formula is C56H50O4. The molecule has 8 aromatic rings. The molecule has 0 saturated carbocycles. The SMILES string of the molecule is CCCCCc1ccc(-c2ccc(OC(=O)c3ccc4ccccc4c3-c3c(C(=O)Oc4ccc(-c5ccc(CCCCC)cc5)cc4)ccc4ccccc34)cc2)cc1. The van der Waals surface area contributed by atoms with E-state index >= 15 is 0 Å². The molecule has 0 aliphatic heterocycles. The summed E-state index contributed by atoms with van der Waals surface area (Å²) in [5.41, 5.74) is 8.92. The number of hydrogen-bond donors (Lipinski definition) is 0. The smallest absolute Gasteiger partial charge is 0.344 e. The van der Waals surface area contributed by atoms with Crippen molar-refractivity contribution in [2.45, 2.75) is 65.2 Å². The van der Waals surface area contributed by atoms with E-state index in [1.54, 1.807) is 12.1 Å². The van der Waals surface area contributed by atoms with E-state index in [-0.39, 0.29) is 0 Å². The van der Waals surface area contributed by atoms with E-state index in [1.807, 2.05) is 109 Å². The zero-order chi connectivity index (χ0) is 41.3. The molecule has 4 heteroatoms. The van der Waals surface area contributed by atoms with Crippen molar-refractivity contribution < 1.29 is 19.1 Å². The van der Waals surface area contributed by atoms with Gasteiger partial charge in [0.15, 0.2) is 0 Å². The van der Waals surface area contributed by atoms with Crippen molar-refractivity contribution >= 4 is 33.5 Å². The number of fused-ring (bicyclic) bond motifs is 2. The Kier molecular flexibility index (Phi) is 12.6. The first-order valence-electron chi connectivity index (χ1n) is 21.4. The summed E-state index contributed by atoms with van der Waals surface area (Å²) in [6, 6.07) is 55.9. The minimum absolute atomic E-state index is 0.350. The van der Waals surface area contributed by atoms with Crippen LogP contribution in [0.1, 0.15) is 84.2 Å². The third kappa shape index (κ3) is 9.09. The molecule has 298 valence electrons. The lowest BCUT2D eigenvalue weighted by Gasteiger charge is -2.18. The molecule has 0 radical (unpaired) electrons. The number of carbonyl (C=O) groups is 2. The van der Waals surface area contributed by atoms with Crippen molar-refractivity contribution in [3.05, 3.63) is 192 Å². The molecule has 0 amide bonds. The molecule has 8 rings (SSSR count). The number of rotatable bonds is 15. The number of carbonyl (C=O) groups excluding carboxylic acids is 2. The minimum atomic E-state index is -0.517. The summed E-state index contributed by atoms with van der Waals surface area (Å²) in [6.07, 6.45) is 9.47. The van der Waals surface area contributed by atoms with Gasteiger partial charge < -0.3 is 9.47 Å². The second-order valence-electron chi connectivity index (χ2n) is 15.6. The van der Waals surface area contributed by atoms with Gasteiger partial charge in [-0.3, -0.25) is 0 Å². The lowest BCUT2D eigenvalue weighted by Crippen LogP contribution is -2.14. The van der Waals surface area contributed by atoms with Crippen LogP contribution >= 0.6 is 0 Å². The van der Waals surface area contributed by atoms with Gasteiger partial charge in [-0.25, -0.2) is 9.59 Å². The lowest BCUT2D eigenvalue weighted by atomic mass is 9.87. The highest BCUT2D eigenvalue weighted by atomic mass is 16.5. The van der Waals surface area contributed by atoms with Crippen LogP contribution in [0.25, 0.3) is 54.9 Å². The Labute approximate surface area is 353 Å². The molecule has 0 fully saturated rings. The first-order valence-corrected chi connectivity index (χ1v) is 21.4. The van der Waals surface area contributed by atoms with Gasteiger partial charge in [0.05, 0.1) is 11.1 Å². The van der Waals surface area contributed by atoms with Gasteiger partial charge in [-0.2, -0.15) is 0 Å². The predicted molar refractivity (Wildman–Crippen MR) is 247 cm³/mol. The average molecular weight is 787 g/mol. The highest BCUT2D eigenvalue weighted by molar-refractivity contribution is 6.18. The lowest BCUT2D eigenvalue weighted by molar-refractivity contribution is 0.0723. The van der Waals surface area contributed by atoms with E-state index in [0.29, 0.717) is 33.8 Å². The molecule has 0 aromatic heterocycles. The maximum absolute atomic E-state index is 14.3. The largest absolute Gasteiger partial charge is 0.423 e. The average Bonchev–Trinajstić information content (AvgIpc) is 3.29. The fraction of sp³-hybridized carbons (Fsp3) is 0.179. The van der Waals surface area contributed by atoms with Crippen LogP contribution in [0, 0.1) is 0 Å². The Hall–Kier alpha value is -6.78. The summed E-state index contributed by atoms with van der Waals surface area (Å²) in [6.45, 7) is 4.45. The third-order valence-corrected chi connectivity index (χ3v) is 11.4. The molecule has 0 unspecified atom stereocenters. The maximum atomic E-state index is 14.3. The van der Waals surface area contributed by atoms with Crippen molar-refractivity contribution in [1.29, 1.82) is 0 Å². The second kappa shape index (κ2) is 18.9. The van der Waals surface area contributed by atoms with Gasteiger partial charge in [0.2, 0.25) is 0 Å². The fourth-order valence-electron chi connectivity index (χ4n) is 8.06. The van der Waals surface area contributed by atoms with E-state index in [0.717, 1.165) is 56.6 Å². The minimum Gasteiger partial charge on any atom is -0.423 e. The number of unbranched alkanes of at least 4 members (excludes halogenated alkanes) is 4. The second-order valence-corrected chi connectivity index (χ2v) is 15.6. The van der Waals surface area contributed by atoms with Gasteiger partial charge in [-0.1, -0.05) is 173 Å². The van der Waals surface area contributed by atoms with Crippen molar-refractivity contribution in [2.75, 3.05) is 0 Å². The van der Waals surface area contributed by atoms with Crippen molar-refractivity contribution in [2.24, 2.45) is 0 Å². The van der Waals surface area contributed by atoms with E-state index in [2.05, 4.69) is 62.4 Å². The molecule has 8 aromatic carbocycles. The molecule has 0 aliphatic carbocycles. The first-order chi connectivity index (χ1) is 29.5. The summed E-state index contributed by atoms with van der Waals surface area (Å²) in [5.74, 6) is -0.167. The molecule has 0 spiro atoms. The molecule has 0 atom stereocenters. The molecule has 0 aliphatic rings. The molecule has 4 nitrogen and oxygen atoms in total. The van der Waals surface area contributed by atoms with Crippen LogP contribution in [-0.2, 0) is 12.8 Å². The zero-order valence-electron chi connectivity index (χ0n) is 34.5. The van der Waals surface area contributed by atoms with Crippen LogP contribution in [0.5, 0.6) is 11.5 Å². The highest BCUT2D eigenvalue weighted by Gasteiger charge is 2.25. The Morgan fingerprint density at radius 1 is 0.383 bits per heavy atom. The van der Waals surface area contributed by atoms with Crippen molar-refractivity contribution in [3.8, 4) is 44.9 Å². The summed E-state index contributed by atoms with van der Waals surface area (Å²) >= 11 is 0. The molecule has 0 saturated heterocycles. The Morgan fingerprint density at radius 3 is 1.10 bits per heavy atom. The van der Waals surface area contributed by atoms with Gasteiger partial charge >= 0.3 is 11.9 Å². The monoisotopic (exact) mass is 786 g/mol. The number of esters is 2. The van der Waals surface area contributed by atoms with E-state index in [1.165, 1.54) is 49.7 Å². The molecule has 0 N–H and O–H groups in total. The molecule has 60 heavy (non-hydrogen) atoms. The normalized spacial score (nSPS) is 11.2. The van der Waals surface area contributed by atoms with Crippen LogP contribution < -0.4 is 9.47 Å². The van der Waals surface area contributed by atoms with Crippen LogP contribution in [0.3, 0.4) is 0 Å². The van der Waals surface area contributed by atoms with Gasteiger partial charge in [0.25, 0.3) is 0 Å². The quantitative estimate of drug-likeness (QED) is 0.0590. The number of hydrogen-bond acceptors (Lipinski definition) is 4. The van der Waals surface area contributed by atoms with Crippen LogP contribution in [-0.4, -0.2) is 11.9 Å². The van der Waals surface area contributed by atoms with Crippen LogP contribution in [0.2, 0.25) is 0 Å². The third-order valence-electron chi connectivity index (χ3n) is 11.4. The highest BCUT2D eigenvalue weighted by Crippen LogP contribution is 2.40. The zero-order valence-corrected chi connectivity index (χ0v) is 34.5.